The molecule has 2 N–H and O–H groups in total. The van der Waals surface area contributed by atoms with Crippen LogP contribution in [0.1, 0.15) is 42.5 Å². The number of nitrogens with one attached hydrogen (secondary N) is 1. The Morgan fingerprint density at radius 2 is 1.69 bits per heavy atom. The summed E-state index contributed by atoms with van der Waals surface area (Å²) in [6.45, 7) is 1.54. The average molecular weight is 356 g/mol. The predicted octanol–water partition coefficient (Wildman–Crippen LogP) is 2.92. The number of allylic oxidation sites excluding steroid dienone is 2. The topological polar surface area (TPSA) is 86.7 Å². The van der Waals surface area contributed by atoms with E-state index in [1.807, 2.05) is 11.0 Å². The number of nitrogens with zero attached hydrogens (tertiary/aromatic N) is 1. The zero-order valence-electron chi connectivity index (χ0n) is 14.7. The minimum absolute atomic E-state index is 0.0233. The summed E-state index contributed by atoms with van der Waals surface area (Å²) < 4.78 is 0. The summed E-state index contributed by atoms with van der Waals surface area (Å²) in [5.74, 6) is -2.60. The minimum Gasteiger partial charge on any atom is -0.481 e. The van der Waals surface area contributed by atoms with Gasteiger partial charge in [0.15, 0.2) is 0 Å². The molecule has 0 saturated carbocycles. The Kier molecular flexibility index (Phi) is 5.71. The average Bonchev–Trinajstić information content (AvgIpc) is 2.68. The number of amides is 2. The molecule has 1 aromatic rings. The molecule has 138 valence electrons. The van der Waals surface area contributed by atoms with Crippen LogP contribution in [0, 0.1) is 11.8 Å². The van der Waals surface area contributed by atoms with Gasteiger partial charge in [0, 0.05) is 24.3 Å². The molecule has 6 heteroatoms. The number of benzene rings is 1. The van der Waals surface area contributed by atoms with Crippen molar-refractivity contribution in [2.24, 2.45) is 11.8 Å². The molecule has 0 bridgehead atoms. The largest absolute Gasteiger partial charge is 0.481 e. The number of hydrogen-bond donors (Lipinski definition) is 2. The van der Waals surface area contributed by atoms with Gasteiger partial charge in [-0.05, 0) is 50.3 Å². The van der Waals surface area contributed by atoms with Crippen molar-refractivity contribution in [3.63, 3.8) is 0 Å². The quantitative estimate of drug-likeness (QED) is 0.812. The van der Waals surface area contributed by atoms with Gasteiger partial charge in [-0.25, -0.2) is 0 Å². The van der Waals surface area contributed by atoms with Crippen molar-refractivity contribution in [3.8, 4) is 0 Å². The summed E-state index contributed by atoms with van der Waals surface area (Å²) in [7, 11) is 0. The molecular weight excluding hydrogens is 332 g/mol. The van der Waals surface area contributed by atoms with Gasteiger partial charge in [-0.2, -0.15) is 0 Å². The van der Waals surface area contributed by atoms with Crippen LogP contribution in [-0.4, -0.2) is 40.9 Å². The molecule has 6 nitrogen and oxygen atoms in total. The number of likely N-dealkylation sites (tertiary alicyclic amines) is 1. The van der Waals surface area contributed by atoms with E-state index in [1.165, 1.54) is 0 Å². The molecule has 0 unspecified atom stereocenters. The van der Waals surface area contributed by atoms with Gasteiger partial charge in [0.25, 0.3) is 5.91 Å². The number of carboxylic acid groups (broad SMARTS) is 1. The van der Waals surface area contributed by atoms with E-state index in [2.05, 4.69) is 5.32 Å². The van der Waals surface area contributed by atoms with Gasteiger partial charge in [0.2, 0.25) is 5.91 Å². The molecule has 1 aromatic carbocycles. The zero-order chi connectivity index (χ0) is 18.5. The smallest absolute Gasteiger partial charge is 0.307 e. The van der Waals surface area contributed by atoms with Crippen LogP contribution in [0.15, 0.2) is 36.4 Å². The lowest BCUT2D eigenvalue weighted by molar-refractivity contribution is -0.146. The first kappa shape index (κ1) is 18.2. The highest BCUT2D eigenvalue weighted by molar-refractivity contribution is 5.98. The van der Waals surface area contributed by atoms with Crippen molar-refractivity contribution >= 4 is 23.5 Å². The molecule has 1 heterocycles. The van der Waals surface area contributed by atoms with Crippen molar-refractivity contribution in [3.05, 3.63) is 42.0 Å². The lowest BCUT2D eigenvalue weighted by Gasteiger charge is -2.27. The number of piperidine rings is 1. The molecule has 0 spiro atoms. The van der Waals surface area contributed by atoms with Crippen LogP contribution in [0.25, 0.3) is 0 Å². The van der Waals surface area contributed by atoms with Crippen molar-refractivity contribution in [2.75, 3.05) is 18.4 Å². The number of carbonyl (C=O) groups excluding carboxylic acids is 2. The number of hydrogen-bond acceptors (Lipinski definition) is 3. The molecule has 1 saturated heterocycles. The SMILES string of the molecule is O=C(O)[C@@H]1CC=CC[C@H]1C(=O)Nc1cccc(C(=O)N2CCCCC2)c1. The molecule has 1 aliphatic carbocycles. The summed E-state index contributed by atoms with van der Waals surface area (Å²) in [6, 6.07) is 6.88. The van der Waals surface area contributed by atoms with Crippen molar-refractivity contribution in [1.82, 2.24) is 4.90 Å². The molecule has 2 atom stereocenters. The minimum atomic E-state index is -0.955. The highest BCUT2D eigenvalue weighted by Crippen LogP contribution is 2.27. The first-order valence-corrected chi connectivity index (χ1v) is 9.14. The Morgan fingerprint density at radius 1 is 1.00 bits per heavy atom. The van der Waals surface area contributed by atoms with E-state index in [0.29, 0.717) is 24.1 Å². The van der Waals surface area contributed by atoms with Crippen molar-refractivity contribution in [1.29, 1.82) is 0 Å². The second kappa shape index (κ2) is 8.17. The van der Waals surface area contributed by atoms with Crippen LogP contribution in [0.3, 0.4) is 0 Å². The normalized spacial score (nSPS) is 22.7. The highest BCUT2D eigenvalue weighted by atomic mass is 16.4. The fraction of sp³-hybridized carbons (Fsp3) is 0.450. The summed E-state index contributed by atoms with van der Waals surface area (Å²) in [5, 5.41) is 12.1. The fourth-order valence-electron chi connectivity index (χ4n) is 3.62. The molecule has 2 amide bonds. The molecular formula is C20H24N2O4. The number of rotatable bonds is 4. The number of carbonyl (C=O) groups is 3. The van der Waals surface area contributed by atoms with E-state index < -0.39 is 17.8 Å². The van der Waals surface area contributed by atoms with Gasteiger partial charge < -0.3 is 15.3 Å². The van der Waals surface area contributed by atoms with Crippen LogP contribution in [0.4, 0.5) is 5.69 Å². The Morgan fingerprint density at radius 3 is 2.38 bits per heavy atom. The second-order valence-corrected chi connectivity index (χ2v) is 6.92. The van der Waals surface area contributed by atoms with Gasteiger partial charge in [-0.3, -0.25) is 14.4 Å². The number of carboxylic acids is 1. The van der Waals surface area contributed by atoms with Crippen LogP contribution in [-0.2, 0) is 9.59 Å². The first-order valence-electron chi connectivity index (χ1n) is 9.14. The third-order valence-electron chi connectivity index (χ3n) is 5.11. The lowest BCUT2D eigenvalue weighted by atomic mass is 9.82. The maximum absolute atomic E-state index is 12.6. The molecule has 2 aliphatic rings. The zero-order valence-corrected chi connectivity index (χ0v) is 14.7. The van der Waals surface area contributed by atoms with Gasteiger partial charge in [-0.1, -0.05) is 18.2 Å². The molecule has 1 fully saturated rings. The highest BCUT2D eigenvalue weighted by Gasteiger charge is 2.34. The van der Waals surface area contributed by atoms with Crippen LogP contribution < -0.4 is 5.32 Å². The maximum Gasteiger partial charge on any atom is 0.307 e. The third kappa shape index (κ3) is 4.12. The Bertz CT molecular complexity index is 722. The maximum atomic E-state index is 12.6. The number of aliphatic carboxylic acids is 1. The van der Waals surface area contributed by atoms with E-state index in [1.54, 1.807) is 30.3 Å². The molecule has 26 heavy (non-hydrogen) atoms. The van der Waals surface area contributed by atoms with E-state index in [0.717, 1.165) is 32.4 Å². The van der Waals surface area contributed by atoms with Crippen LogP contribution in [0.5, 0.6) is 0 Å². The Labute approximate surface area is 152 Å². The fourth-order valence-corrected chi connectivity index (χ4v) is 3.62. The van der Waals surface area contributed by atoms with Gasteiger partial charge in [-0.15, -0.1) is 0 Å². The van der Waals surface area contributed by atoms with Gasteiger partial charge in [0.1, 0.15) is 0 Å². The predicted molar refractivity (Wildman–Crippen MR) is 97.8 cm³/mol. The van der Waals surface area contributed by atoms with E-state index >= 15 is 0 Å². The van der Waals surface area contributed by atoms with Gasteiger partial charge in [0.05, 0.1) is 11.8 Å². The third-order valence-corrected chi connectivity index (χ3v) is 5.11. The lowest BCUT2D eigenvalue weighted by Crippen LogP contribution is -2.36. The van der Waals surface area contributed by atoms with Crippen molar-refractivity contribution in [2.45, 2.75) is 32.1 Å². The molecule has 0 radical (unpaired) electrons. The summed E-state index contributed by atoms with van der Waals surface area (Å²) >= 11 is 0. The summed E-state index contributed by atoms with van der Waals surface area (Å²) in [5.41, 5.74) is 1.07. The van der Waals surface area contributed by atoms with Crippen LogP contribution in [0.2, 0.25) is 0 Å². The Hall–Kier alpha value is -2.63. The van der Waals surface area contributed by atoms with Crippen molar-refractivity contribution < 1.29 is 19.5 Å². The van der Waals surface area contributed by atoms with E-state index in [-0.39, 0.29) is 11.8 Å². The summed E-state index contributed by atoms with van der Waals surface area (Å²) in [6.07, 6.45) is 7.62. The van der Waals surface area contributed by atoms with Crippen LogP contribution >= 0.6 is 0 Å². The molecule has 0 aromatic heterocycles. The molecule has 3 rings (SSSR count). The summed E-state index contributed by atoms with van der Waals surface area (Å²) in [4.78, 5) is 38.4. The first-order chi connectivity index (χ1) is 12.6. The van der Waals surface area contributed by atoms with Gasteiger partial charge >= 0.3 is 5.97 Å². The standard InChI is InChI=1S/C20H24N2O4/c23-18(16-9-2-3-10-17(16)20(25)26)21-15-8-6-7-14(13-15)19(24)22-11-4-1-5-12-22/h2-3,6-8,13,16-17H,1,4-5,9-12H2,(H,21,23)(H,25,26)/t16-,17-/m1/s1. The second-order valence-electron chi connectivity index (χ2n) is 6.92. The molecule has 1 aliphatic heterocycles. The monoisotopic (exact) mass is 356 g/mol. The number of anilines is 1. The van der Waals surface area contributed by atoms with E-state index in [9.17, 15) is 19.5 Å². The van der Waals surface area contributed by atoms with E-state index in [4.69, 9.17) is 0 Å². The Balaban J connectivity index is 1.70.